The van der Waals surface area contributed by atoms with Crippen LogP contribution >= 0.6 is 0 Å². The van der Waals surface area contributed by atoms with E-state index in [9.17, 15) is 4.79 Å². The van der Waals surface area contributed by atoms with Crippen LogP contribution in [0.1, 0.15) is 46.0 Å². The second-order valence-corrected chi connectivity index (χ2v) is 6.14. The molecule has 1 aliphatic carbocycles. The monoisotopic (exact) mass is 268 g/mol. The van der Waals surface area contributed by atoms with Crippen molar-refractivity contribution in [2.75, 3.05) is 26.3 Å². The van der Waals surface area contributed by atoms with Crippen LogP contribution in [-0.4, -0.2) is 49.2 Å². The number of amides is 1. The molecule has 2 fully saturated rings. The molecule has 110 valence electrons. The Morgan fingerprint density at radius 1 is 1.21 bits per heavy atom. The SMILES string of the molecule is CC1CCCC(NC(C)C(=O)N2CCOCC2)CC1. The Bertz CT molecular complexity index is 290. The lowest BCUT2D eigenvalue weighted by atomic mass is 10.0. The number of ether oxygens (including phenoxy) is 1. The molecular formula is C15H28N2O2. The van der Waals surface area contributed by atoms with E-state index in [0.717, 1.165) is 19.0 Å². The summed E-state index contributed by atoms with van der Waals surface area (Å²) in [6.45, 7) is 7.19. The van der Waals surface area contributed by atoms with E-state index in [0.29, 0.717) is 19.3 Å². The Morgan fingerprint density at radius 2 is 1.95 bits per heavy atom. The van der Waals surface area contributed by atoms with Crippen LogP contribution in [0.4, 0.5) is 0 Å². The van der Waals surface area contributed by atoms with Crippen molar-refractivity contribution in [2.24, 2.45) is 5.92 Å². The quantitative estimate of drug-likeness (QED) is 0.794. The molecule has 1 amide bonds. The predicted molar refractivity (Wildman–Crippen MR) is 76.0 cm³/mol. The summed E-state index contributed by atoms with van der Waals surface area (Å²) in [5.74, 6) is 1.08. The fourth-order valence-corrected chi connectivity index (χ4v) is 3.14. The van der Waals surface area contributed by atoms with Crippen LogP contribution in [0, 0.1) is 5.92 Å². The van der Waals surface area contributed by atoms with Crippen molar-refractivity contribution in [2.45, 2.75) is 58.0 Å². The van der Waals surface area contributed by atoms with Gasteiger partial charge in [0.05, 0.1) is 19.3 Å². The third kappa shape index (κ3) is 4.46. The zero-order valence-electron chi connectivity index (χ0n) is 12.4. The zero-order chi connectivity index (χ0) is 13.7. The first-order chi connectivity index (χ1) is 9.16. The lowest BCUT2D eigenvalue weighted by Gasteiger charge is -2.31. The van der Waals surface area contributed by atoms with Gasteiger partial charge in [0.15, 0.2) is 0 Å². The van der Waals surface area contributed by atoms with Crippen LogP contribution in [0.5, 0.6) is 0 Å². The van der Waals surface area contributed by atoms with Crippen molar-refractivity contribution >= 4 is 5.91 Å². The smallest absolute Gasteiger partial charge is 0.239 e. The second-order valence-electron chi connectivity index (χ2n) is 6.14. The highest BCUT2D eigenvalue weighted by Crippen LogP contribution is 2.23. The lowest BCUT2D eigenvalue weighted by Crippen LogP contribution is -2.51. The molecule has 2 rings (SSSR count). The number of hydrogen-bond donors (Lipinski definition) is 1. The molecule has 0 radical (unpaired) electrons. The van der Waals surface area contributed by atoms with Gasteiger partial charge >= 0.3 is 0 Å². The first kappa shape index (κ1) is 14.8. The number of hydrogen-bond acceptors (Lipinski definition) is 3. The highest BCUT2D eigenvalue weighted by molar-refractivity contribution is 5.81. The van der Waals surface area contributed by atoms with E-state index in [4.69, 9.17) is 4.74 Å². The van der Waals surface area contributed by atoms with E-state index >= 15 is 0 Å². The molecule has 1 saturated heterocycles. The van der Waals surface area contributed by atoms with E-state index in [-0.39, 0.29) is 11.9 Å². The number of nitrogens with zero attached hydrogens (tertiary/aromatic N) is 1. The Hall–Kier alpha value is -0.610. The first-order valence-electron chi connectivity index (χ1n) is 7.79. The largest absolute Gasteiger partial charge is 0.378 e. The minimum atomic E-state index is -0.0588. The number of nitrogens with one attached hydrogen (secondary N) is 1. The third-order valence-electron chi connectivity index (χ3n) is 4.44. The Labute approximate surface area is 116 Å². The van der Waals surface area contributed by atoms with Gasteiger partial charge in [-0.2, -0.15) is 0 Å². The maximum atomic E-state index is 12.3. The Kier molecular flexibility index (Phi) is 5.64. The van der Waals surface area contributed by atoms with Crippen LogP contribution in [0.15, 0.2) is 0 Å². The van der Waals surface area contributed by atoms with Crippen molar-refractivity contribution in [1.82, 2.24) is 10.2 Å². The molecule has 0 aromatic carbocycles. The Morgan fingerprint density at radius 3 is 2.68 bits per heavy atom. The second kappa shape index (κ2) is 7.25. The van der Waals surface area contributed by atoms with Crippen molar-refractivity contribution in [3.63, 3.8) is 0 Å². The molecule has 19 heavy (non-hydrogen) atoms. The van der Waals surface area contributed by atoms with Crippen molar-refractivity contribution in [3.8, 4) is 0 Å². The van der Waals surface area contributed by atoms with Gasteiger partial charge in [0.25, 0.3) is 0 Å². The number of rotatable bonds is 3. The molecule has 3 atom stereocenters. The zero-order valence-corrected chi connectivity index (χ0v) is 12.4. The molecule has 1 heterocycles. The molecular weight excluding hydrogens is 240 g/mol. The molecule has 3 unspecified atom stereocenters. The lowest BCUT2D eigenvalue weighted by molar-refractivity contribution is -0.137. The van der Waals surface area contributed by atoms with Crippen molar-refractivity contribution < 1.29 is 9.53 Å². The molecule has 2 aliphatic rings. The average Bonchev–Trinajstić information content (AvgIpc) is 2.64. The standard InChI is InChI=1S/C15H28N2O2/c1-12-4-3-5-14(7-6-12)16-13(2)15(18)17-8-10-19-11-9-17/h12-14,16H,3-11H2,1-2H3. The highest BCUT2D eigenvalue weighted by Gasteiger charge is 2.25. The van der Waals surface area contributed by atoms with Crippen molar-refractivity contribution in [1.29, 1.82) is 0 Å². The molecule has 0 bridgehead atoms. The van der Waals surface area contributed by atoms with Crippen LogP contribution < -0.4 is 5.32 Å². The molecule has 0 aromatic rings. The van der Waals surface area contributed by atoms with Gasteiger partial charge in [-0.15, -0.1) is 0 Å². The highest BCUT2D eigenvalue weighted by atomic mass is 16.5. The van der Waals surface area contributed by atoms with E-state index in [1.807, 2.05) is 11.8 Å². The summed E-state index contributed by atoms with van der Waals surface area (Å²) in [7, 11) is 0. The molecule has 1 aliphatic heterocycles. The van der Waals surface area contributed by atoms with Gasteiger partial charge < -0.3 is 15.0 Å². The van der Waals surface area contributed by atoms with Crippen LogP contribution in [0.3, 0.4) is 0 Å². The summed E-state index contributed by atoms with van der Waals surface area (Å²) in [4.78, 5) is 14.3. The van der Waals surface area contributed by atoms with Crippen LogP contribution in [0.25, 0.3) is 0 Å². The fraction of sp³-hybridized carbons (Fsp3) is 0.933. The van der Waals surface area contributed by atoms with E-state index in [1.165, 1.54) is 32.1 Å². The summed E-state index contributed by atoms with van der Waals surface area (Å²) >= 11 is 0. The van der Waals surface area contributed by atoms with Gasteiger partial charge in [0.2, 0.25) is 5.91 Å². The summed E-state index contributed by atoms with van der Waals surface area (Å²) in [5, 5.41) is 3.54. The van der Waals surface area contributed by atoms with Crippen molar-refractivity contribution in [3.05, 3.63) is 0 Å². The van der Waals surface area contributed by atoms with E-state index in [2.05, 4.69) is 12.2 Å². The average molecular weight is 268 g/mol. The normalized spacial score (nSPS) is 30.7. The summed E-state index contributed by atoms with van der Waals surface area (Å²) < 4.78 is 5.29. The minimum Gasteiger partial charge on any atom is -0.378 e. The summed E-state index contributed by atoms with van der Waals surface area (Å²) in [6, 6.07) is 0.460. The molecule has 1 N–H and O–H groups in total. The molecule has 4 nitrogen and oxygen atoms in total. The topological polar surface area (TPSA) is 41.6 Å². The van der Waals surface area contributed by atoms with E-state index < -0.39 is 0 Å². The minimum absolute atomic E-state index is 0.0588. The first-order valence-corrected chi connectivity index (χ1v) is 7.79. The molecule has 1 saturated carbocycles. The van der Waals surface area contributed by atoms with E-state index in [1.54, 1.807) is 0 Å². The molecule has 0 spiro atoms. The van der Waals surface area contributed by atoms with Gasteiger partial charge in [-0.05, 0) is 32.1 Å². The predicted octanol–water partition coefficient (Wildman–Crippen LogP) is 1.79. The number of carbonyl (C=O) groups is 1. The van der Waals surface area contributed by atoms with Gasteiger partial charge in [-0.3, -0.25) is 4.79 Å². The molecule has 0 aromatic heterocycles. The van der Waals surface area contributed by atoms with Gasteiger partial charge in [-0.1, -0.05) is 19.8 Å². The molecule has 4 heteroatoms. The van der Waals surface area contributed by atoms with Gasteiger partial charge in [0, 0.05) is 19.1 Å². The van der Waals surface area contributed by atoms with Crippen LogP contribution in [0.2, 0.25) is 0 Å². The number of carbonyl (C=O) groups excluding carboxylic acids is 1. The summed E-state index contributed by atoms with van der Waals surface area (Å²) in [5.41, 5.74) is 0. The fourth-order valence-electron chi connectivity index (χ4n) is 3.14. The van der Waals surface area contributed by atoms with Crippen LogP contribution in [-0.2, 0) is 9.53 Å². The Balaban J connectivity index is 1.78. The van der Waals surface area contributed by atoms with Gasteiger partial charge in [0.1, 0.15) is 0 Å². The maximum Gasteiger partial charge on any atom is 0.239 e. The number of morpholine rings is 1. The third-order valence-corrected chi connectivity index (χ3v) is 4.44. The van der Waals surface area contributed by atoms with Gasteiger partial charge in [-0.25, -0.2) is 0 Å². The summed E-state index contributed by atoms with van der Waals surface area (Å²) in [6.07, 6.45) is 6.34. The maximum absolute atomic E-state index is 12.3.